The summed E-state index contributed by atoms with van der Waals surface area (Å²) in [5.41, 5.74) is 6.25. The minimum atomic E-state index is -0.982. The monoisotopic (exact) mass is 560 g/mol. The predicted octanol–water partition coefficient (Wildman–Crippen LogP) is 5.29. The number of carbonyl (C=O) groups is 1. The van der Waals surface area contributed by atoms with Gasteiger partial charge in [0.1, 0.15) is 17.3 Å². The van der Waals surface area contributed by atoms with E-state index in [4.69, 9.17) is 19.3 Å². The van der Waals surface area contributed by atoms with Crippen molar-refractivity contribution in [3.8, 4) is 17.1 Å². The van der Waals surface area contributed by atoms with Crippen LogP contribution in [-0.4, -0.2) is 22.8 Å². The normalized spacial score (nSPS) is 16.0. The molecule has 8 heteroatoms. The highest BCUT2D eigenvalue weighted by atomic mass is 32.1. The number of hydrogen-bond donors (Lipinski definition) is 1. The van der Waals surface area contributed by atoms with Crippen molar-refractivity contribution >= 4 is 29.1 Å². The minimum absolute atomic E-state index is 0.129. The molecule has 0 spiro atoms. The van der Waals surface area contributed by atoms with E-state index in [2.05, 4.69) is 18.2 Å². The fourth-order valence-electron chi connectivity index (χ4n) is 5.63. The summed E-state index contributed by atoms with van der Waals surface area (Å²) in [6.45, 7) is 0. The zero-order chi connectivity index (χ0) is 28.1. The van der Waals surface area contributed by atoms with Crippen LogP contribution in [0.3, 0.4) is 0 Å². The lowest BCUT2D eigenvalue weighted by molar-refractivity contribution is 0.0697. The van der Waals surface area contributed by atoms with Gasteiger partial charge in [0.25, 0.3) is 5.56 Å². The van der Waals surface area contributed by atoms with Crippen molar-refractivity contribution in [2.45, 2.75) is 18.9 Å². The van der Waals surface area contributed by atoms with E-state index >= 15 is 0 Å². The summed E-state index contributed by atoms with van der Waals surface area (Å²) >= 11 is 1.34. The van der Waals surface area contributed by atoms with E-state index in [1.54, 1.807) is 36.0 Å². The van der Waals surface area contributed by atoms with Gasteiger partial charge in [-0.05, 0) is 65.9 Å². The summed E-state index contributed by atoms with van der Waals surface area (Å²) in [7, 11) is 1.64. The number of aromatic nitrogens is 1. The smallest absolute Gasteiger partial charge is 0.335 e. The highest BCUT2D eigenvalue weighted by molar-refractivity contribution is 7.07. The molecule has 2 aromatic heterocycles. The molecule has 41 heavy (non-hydrogen) atoms. The summed E-state index contributed by atoms with van der Waals surface area (Å²) in [4.78, 5) is 30.9. The molecule has 1 aliphatic carbocycles. The van der Waals surface area contributed by atoms with E-state index in [9.17, 15) is 9.59 Å². The second-order valence-corrected chi connectivity index (χ2v) is 11.0. The van der Waals surface area contributed by atoms with Gasteiger partial charge in [0, 0.05) is 17.2 Å². The molecule has 3 heterocycles. The Labute approximate surface area is 238 Å². The number of ether oxygens (including phenoxy) is 1. The number of nitrogens with zero attached hydrogens (tertiary/aromatic N) is 2. The summed E-state index contributed by atoms with van der Waals surface area (Å²) in [5.74, 6) is 0.867. The summed E-state index contributed by atoms with van der Waals surface area (Å²) in [6, 6.07) is 26.0. The number of thiazole rings is 1. The summed E-state index contributed by atoms with van der Waals surface area (Å²) < 4.78 is 13.9. The molecular weight excluding hydrogens is 536 g/mol. The third-order valence-electron chi connectivity index (χ3n) is 7.60. The van der Waals surface area contributed by atoms with Crippen molar-refractivity contribution in [1.82, 2.24) is 4.57 Å². The molecule has 1 aliphatic heterocycles. The van der Waals surface area contributed by atoms with Crippen molar-refractivity contribution < 1.29 is 19.1 Å². The second kappa shape index (κ2) is 9.91. The van der Waals surface area contributed by atoms with Gasteiger partial charge in [0.15, 0.2) is 4.80 Å². The lowest BCUT2D eigenvalue weighted by Crippen LogP contribution is -2.38. The first-order chi connectivity index (χ1) is 20.0. The van der Waals surface area contributed by atoms with Crippen LogP contribution in [0.15, 0.2) is 105 Å². The van der Waals surface area contributed by atoms with Crippen molar-refractivity contribution in [3.05, 3.63) is 138 Å². The Bertz CT molecular complexity index is 2050. The zero-order valence-corrected chi connectivity index (χ0v) is 22.9. The molecule has 1 atom stereocenters. The minimum Gasteiger partial charge on any atom is -0.497 e. The largest absolute Gasteiger partial charge is 0.497 e. The van der Waals surface area contributed by atoms with Crippen LogP contribution in [0, 0.1) is 0 Å². The number of benzene rings is 3. The molecule has 0 fully saturated rings. The van der Waals surface area contributed by atoms with Gasteiger partial charge in [0.2, 0.25) is 0 Å². The number of methoxy groups -OCH3 is 1. The molecular formula is C33H24N2O5S. The van der Waals surface area contributed by atoms with Crippen molar-refractivity contribution in [1.29, 1.82) is 0 Å². The van der Waals surface area contributed by atoms with Gasteiger partial charge < -0.3 is 14.3 Å². The number of furan rings is 1. The molecule has 0 saturated carbocycles. The van der Waals surface area contributed by atoms with Crippen LogP contribution in [0.1, 0.15) is 45.3 Å². The number of carboxylic acids is 1. The van der Waals surface area contributed by atoms with Gasteiger partial charge in [-0.25, -0.2) is 9.79 Å². The maximum Gasteiger partial charge on any atom is 0.335 e. The maximum absolute atomic E-state index is 14.0. The van der Waals surface area contributed by atoms with Gasteiger partial charge in [-0.3, -0.25) is 9.36 Å². The Kier molecular flexibility index (Phi) is 6.05. The topological polar surface area (TPSA) is 94.0 Å². The molecule has 7 nitrogen and oxygen atoms in total. The standard InChI is InChI=1S/C33H24N2O5S/c1-39-23-7-4-6-22(17-23)30-26-15-13-19-5-2-3-8-25(19)29(26)34-33-35(30)31(36)28(41-33)18-24-14-16-27(40-24)20-9-11-21(12-10-20)32(37)38/h2-12,14,16-18,30H,13,15H2,1H3,(H,37,38)/b28-18+/t30-/m1/s1. The summed E-state index contributed by atoms with van der Waals surface area (Å²) in [6.07, 6.45) is 3.44. The van der Waals surface area contributed by atoms with Crippen LogP contribution < -0.4 is 19.6 Å². The second-order valence-electron chi connectivity index (χ2n) is 9.97. The number of allylic oxidation sites excluding steroid dienone is 1. The van der Waals surface area contributed by atoms with Crippen LogP contribution in [0.2, 0.25) is 0 Å². The first-order valence-electron chi connectivity index (χ1n) is 13.2. The molecule has 7 rings (SSSR count). The molecule has 202 valence electrons. The van der Waals surface area contributed by atoms with Gasteiger partial charge in [-0.2, -0.15) is 0 Å². The van der Waals surface area contributed by atoms with Gasteiger partial charge >= 0.3 is 5.97 Å². The molecule has 0 saturated heterocycles. The number of rotatable bonds is 5. The Balaban J connectivity index is 1.36. The molecule has 0 radical (unpaired) electrons. The number of aryl methyl sites for hydroxylation is 1. The van der Waals surface area contributed by atoms with E-state index in [0.717, 1.165) is 46.6 Å². The first-order valence-corrected chi connectivity index (χ1v) is 14.0. The molecule has 0 unspecified atom stereocenters. The number of carboxylic acid groups (broad SMARTS) is 1. The Morgan fingerprint density at radius 1 is 1.05 bits per heavy atom. The third-order valence-corrected chi connectivity index (χ3v) is 8.58. The van der Waals surface area contributed by atoms with E-state index < -0.39 is 5.97 Å². The number of aromatic carboxylic acids is 1. The zero-order valence-electron chi connectivity index (χ0n) is 22.0. The lowest BCUT2D eigenvalue weighted by Gasteiger charge is -2.31. The number of fused-ring (bicyclic) bond motifs is 3. The molecule has 5 aromatic rings. The van der Waals surface area contributed by atoms with Gasteiger partial charge in [-0.1, -0.05) is 59.9 Å². The quantitative estimate of drug-likeness (QED) is 0.316. The SMILES string of the molecule is COc1cccc([C@@H]2C3=C(N=c4s/c(=C/c5ccc(-c6ccc(C(=O)O)cc6)o5)c(=O)n42)c2ccccc2CC3)c1. The summed E-state index contributed by atoms with van der Waals surface area (Å²) in [5, 5.41) is 9.17. The molecule has 2 aliphatic rings. The van der Waals surface area contributed by atoms with Crippen LogP contribution >= 0.6 is 11.3 Å². The maximum atomic E-state index is 14.0. The molecule has 0 amide bonds. The van der Waals surface area contributed by atoms with Gasteiger partial charge in [-0.15, -0.1) is 0 Å². The van der Waals surface area contributed by atoms with Crippen molar-refractivity contribution in [2.24, 2.45) is 4.99 Å². The average molecular weight is 561 g/mol. The number of hydrogen-bond acceptors (Lipinski definition) is 6. The van der Waals surface area contributed by atoms with Crippen molar-refractivity contribution in [2.75, 3.05) is 7.11 Å². The fraction of sp³-hybridized carbons (Fsp3) is 0.121. The van der Waals surface area contributed by atoms with Crippen molar-refractivity contribution in [3.63, 3.8) is 0 Å². The van der Waals surface area contributed by atoms with Crippen LogP contribution in [0.4, 0.5) is 0 Å². The van der Waals surface area contributed by atoms with E-state index in [1.807, 2.05) is 36.4 Å². The molecule has 3 aromatic carbocycles. The van der Waals surface area contributed by atoms with E-state index in [0.29, 0.717) is 20.9 Å². The Morgan fingerprint density at radius 2 is 1.88 bits per heavy atom. The lowest BCUT2D eigenvalue weighted by atomic mass is 9.83. The Hall–Kier alpha value is -4.95. The fourth-order valence-corrected chi connectivity index (χ4v) is 6.61. The molecule has 0 bridgehead atoms. The van der Waals surface area contributed by atoms with Crippen LogP contribution in [0.5, 0.6) is 5.75 Å². The highest BCUT2D eigenvalue weighted by Crippen LogP contribution is 2.41. The molecule has 1 N–H and O–H groups in total. The average Bonchev–Trinajstić information content (AvgIpc) is 3.60. The first kappa shape index (κ1) is 25.0. The van der Waals surface area contributed by atoms with Crippen LogP contribution in [0.25, 0.3) is 23.1 Å². The van der Waals surface area contributed by atoms with E-state index in [1.165, 1.54) is 29.0 Å². The van der Waals surface area contributed by atoms with Crippen LogP contribution in [-0.2, 0) is 6.42 Å². The van der Waals surface area contributed by atoms with E-state index in [-0.39, 0.29) is 17.2 Å². The Morgan fingerprint density at radius 3 is 2.68 bits per heavy atom. The van der Waals surface area contributed by atoms with Gasteiger partial charge in [0.05, 0.1) is 28.9 Å². The third kappa shape index (κ3) is 4.33. The predicted molar refractivity (Wildman–Crippen MR) is 157 cm³/mol. The highest BCUT2D eigenvalue weighted by Gasteiger charge is 2.32.